The SMILES string of the molecule is O=C(OC12CCC(COC1)N2c1ccc2c(c1)CNC2)C(F)(F)F. The van der Waals surface area contributed by atoms with Gasteiger partial charge in [0.05, 0.1) is 12.6 Å². The zero-order valence-corrected chi connectivity index (χ0v) is 12.9. The Labute approximate surface area is 136 Å². The zero-order chi connectivity index (χ0) is 16.9. The summed E-state index contributed by atoms with van der Waals surface area (Å²) in [6.07, 6.45) is -4.06. The molecule has 0 aromatic heterocycles. The van der Waals surface area contributed by atoms with Crippen LogP contribution >= 0.6 is 0 Å². The van der Waals surface area contributed by atoms with Crippen molar-refractivity contribution >= 4 is 11.7 Å². The van der Waals surface area contributed by atoms with Crippen molar-refractivity contribution in [1.29, 1.82) is 0 Å². The van der Waals surface area contributed by atoms with Crippen molar-refractivity contribution < 1.29 is 27.4 Å². The van der Waals surface area contributed by atoms with Crippen LogP contribution in [0.1, 0.15) is 24.0 Å². The third-order valence-corrected chi connectivity index (χ3v) is 4.92. The predicted octanol–water partition coefficient (Wildman–Crippen LogP) is 2.09. The first-order valence-corrected chi connectivity index (χ1v) is 7.89. The van der Waals surface area contributed by atoms with Crippen LogP contribution in [0, 0.1) is 0 Å². The molecule has 2 fully saturated rings. The molecule has 2 bridgehead atoms. The lowest BCUT2D eigenvalue weighted by molar-refractivity contribution is -0.219. The summed E-state index contributed by atoms with van der Waals surface area (Å²) in [6, 6.07) is 5.73. The number of esters is 1. The molecule has 0 aliphatic carbocycles. The largest absolute Gasteiger partial charge is 0.491 e. The Morgan fingerprint density at radius 3 is 2.92 bits per heavy atom. The van der Waals surface area contributed by atoms with Gasteiger partial charge in [-0.25, -0.2) is 4.79 Å². The molecule has 0 saturated carbocycles. The number of benzene rings is 1. The van der Waals surface area contributed by atoms with E-state index in [9.17, 15) is 18.0 Å². The Kier molecular flexibility index (Phi) is 3.50. The molecule has 0 amide bonds. The molecule has 1 aromatic carbocycles. The summed E-state index contributed by atoms with van der Waals surface area (Å²) >= 11 is 0. The normalized spacial score (nSPS) is 28.8. The summed E-state index contributed by atoms with van der Waals surface area (Å²) < 4.78 is 48.4. The predicted molar refractivity (Wildman–Crippen MR) is 78.2 cm³/mol. The van der Waals surface area contributed by atoms with Crippen LogP contribution in [0.4, 0.5) is 18.9 Å². The van der Waals surface area contributed by atoms with Crippen LogP contribution in [0.2, 0.25) is 0 Å². The number of morpholine rings is 1. The zero-order valence-electron chi connectivity index (χ0n) is 12.9. The molecule has 24 heavy (non-hydrogen) atoms. The van der Waals surface area contributed by atoms with Gasteiger partial charge < -0.3 is 19.7 Å². The first-order valence-electron chi connectivity index (χ1n) is 7.89. The third-order valence-electron chi connectivity index (χ3n) is 4.92. The van der Waals surface area contributed by atoms with Gasteiger partial charge in [0.15, 0.2) is 0 Å². The van der Waals surface area contributed by atoms with E-state index in [2.05, 4.69) is 5.32 Å². The smallest absolute Gasteiger partial charge is 0.430 e. The average molecular weight is 342 g/mol. The number of anilines is 1. The fraction of sp³-hybridized carbons (Fsp3) is 0.562. The summed E-state index contributed by atoms with van der Waals surface area (Å²) in [5.41, 5.74) is 1.70. The first kappa shape index (κ1) is 15.7. The molecule has 8 heteroatoms. The van der Waals surface area contributed by atoms with E-state index < -0.39 is 17.9 Å². The molecule has 5 nitrogen and oxygen atoms in total. The fourth-order valence-electron chi connectivity index (χ4n) is 3.87. The molecule has 3 aliphatic rings. The monoisotopic (exact) mass is 342 g/mol. The molecule has 2 saturated heterocycles. The van der Waals surface area contributed by atoms with Crippen molar-refractivity contribution in [3.8, 4) is 0 Å². The van der Waals surface area contributed by atoms with Crippen LogP contribution in [-0.4, -0.2) is 37.1 Å². The van der Waals surface area contributed by atoms with Crippen molar-refractivity contribution in [2.24, 2.45) is 0 Å². The second kappa shape index (κ2) is 5.35. The van der Waals surface area contributed by atoms with Gasteiger partial charge in [0.2, 0.25) is 5.72 Å². The minimum atomic E-state index is -5.02. The molecule has 4 rings (SSSR count). The maximum Gasteiger partial charge on any atom is 0.491 e. The van der Waals surface area contributed by atoms with E-state index in [0.29, 0.717) is 19.4 Å². The number of ether oxygens (including phenoxy) is 2. The number of nitrogens with one attached hydrogen (secondary N) is 1. The van der Waals surface area contributed by atoms with Crippen LogP contribution in [0.15, 0.2) is 18.2 Å². The Bertz CT molecular complexity index is 675. The number of rotatable bonds is 2. The van der Waals surface area contributed by atoms with Crippen LogP contribution in [0.25, 0.3) is 0 Å². The van der Waals surface area contributed by atoms with Crippen molar-refractivity contribution in [2.75, 3.05) is 18.1 Å². The second-order valence-electron chi connectivity index (χ2n) is 6.47. The quantitative estimate of drug-likeness (QED) is 0.834. The number of hydrogen-bond acceptors (Lipinski definition) is 5. The Balaban J connectivity index is 1.68. The van der Waals surface area contributed by atoms with Gasteiger partial charge in [-0.15, -0.1) is 0 Å². The lowest BCUT2D eigenvalue weighted by Gasteiger charge is -2.45. The molecule has 3 heterocycles. The number of hydrogen-bond donors (Lipinski definition) is 1. The van der Waals surface area contributed by atoms with E-state index in [-0.39, 0.29) is 12.6 Å². The van der Waals surface area contributed by atoms with E-state index in [0.717, 1.165) is 24.3 Å². The number of carbonyl (C=O) groups excluding carboxylic acids is 1. The first-order chi connectivity index (χ1) is 11.4. The van der Waals surface area contributed by atoms with Gasteiger partial charge in [0, 0.05) is 25.2 Å². The number of alkyl halides is 3. The standard InChI is InChI=1S/C16H17F3N2O3/c17-16(18,19)14(22)24-15-4-3-13(8-23-9-15)21(15)12-2-1-10-6-20-7-11(10)5-12/h1-2,5,13,20H,3-4,6-9H2. The topological polar surface area (TPSA) is 50.8 Å². The van der Waals surface area contributed by atoms with Crippen LogP contribution in [-0.2, 0) is 27.4 Å². The van der Waals surface area contributed by atoms with Crippen molar-refractivity contribution in [3.05, 3.63) is 29.3 Å². The van der Waals surface area contributed by atoms with E-state index in [4.69, 9.17) is 9.47 Å². The lowest BCUT2D eigenvalue weighted by atomic mass is 10.1. The van der Waals surface area contributed by atoms with Crippen molar-refractivity contribution in [1.82, 2.24) is 5.32 Å². The minimum absolute atomic E-state index is 0.0549. The summed E-state index contributed by atoms with van der Waals surface area (Å²) in [7, 11) is 0. The Hall–Kier alpha value is -1.80. The number of nitrogens with zero attached hydrogens (tertiary/aromatic N) is 1. The highest BCUT2D eigenvalue weighted by atomic mass is 19.4. The minimum Gasteiger partial charge on any atom is -0.430 e. The number of halogens is 3. The van der Waals surface area contributed by atoms with Crippen LogP contribution in [0.3, 0.4) is 0 Å². The maximum atomic E-state index is 12.7. The fourth-order valence-corrected chi connectivity index (χ4v) is 3.87. The van der Waals surface area contributed by atoms with E-state index in [1.54, 1.807) is 4.90 Å². The molecule has 0 radical (unpaired) electrons. The maximum absolute atomic E-state index is 12.7. The van der Waals surface area contributed by atoms with Gasteiger partial charge in [0.1, 0.15) is 6.61 Å². The molecular formula is C16H17F3N2O3. The average Bonchev–Trinajstić information content (AvgIpc) is 3.06. The van der Waals surface area contributed by atoms with Crippen molar-refractivity contribution in [2.45, 2.75) is 43.9 Å². The Morgan fingerprint density at radius 2 is 2.12 bits per heavy atom. The number of fused-ring (bicyclic) bond motifs is 3. The Morgan fingerprint density at radius 1 is 1.33 bits per heavy atom. The lowest BCUT2D eigenvalue weighted by Crippen LogP contribution is -2.59. The van der Waals surface area contributed by atoms with E-state index >= 15 is 0 Å². The van der Waals surface area contributed by atoms with Gasteiger partial charge in [-0.05, 0) is 29.7 Å². The molecule has 1 aromatic rings. The van der Waals surface area contributed by atoms with E-state index in [1.165, 1.54) is 5.56 Å². The molecule has 2 unspecified atom stereocenters. The molecule has 2 atom stereocenters. The van der Waals surface area contributed by atoms with Gasteiger partial charge in [-0.3, -0.25) is 0 Å². The van der Waals surface area contributed by atoms with Gasteiger partial charge in [-0.2, -0.15) is 13.2 Å². The highest BCUT2D eigenvalue weighted by Crippen LogP contribution is 2.44. The highest BCUT2D eigenvalue weighted by molar-refractivity contribution is 5.76. The molecule has 1 N–H and O–H groups in total. The van der Waals surface area contributed by atoms with Crippen LogP contribution < -0.4 is 10.2 Å². The summed E-state index contributed by atoms with van der Waals surface area (Å²) in [6.45, 7) is 1.88. The van der Waals surface area contributed by atoms with Crippen molar-refractivity contribution in [3.63, 3.8) is 0 Å². The third kappa shape index (κ3) is 2.44. The highest BCUT2D eigenvalue weighted by Gasteiger charge is 2.56. The van der Waals surface area contributed by atoms with E-state index in [1.807, 2.05) is 18.2 Å². The summed E-state index contributed by atoms with van der Waals surface area (Å²) in [5.74, 6) is -2.17. The summed E-state index contributed by atoms with van der Waals surface area (Å²) in [4.78, 5) is 13.2. The van der Waals surface area contributed by atoms with Gasteiger partial charge >= 0.3 is 12.1 Å². The second-order valence-corrected chi connectivity index (χ2v) is 6.47. The van der Waals surface area contributed by atoms with Gasteiger partial charge in [0.25, 0.3) is 0 Å². The number of carbonyl (C=O) groups is 1. The molecule has 130 valence electrons. The van der Waals surface area contributed by atoms with Gasteiger partial charge in [-0.1, -0.05) is 6.07 Å². The molecule has 3 aliphatic heterocycles. The molecule has 0 spiro atoms. The molecular weight excluding hydrogens is 325 g/mol. The summed E-state index contributed by atoms with van der Waals surface area (Å²) in [5, 5.41) is 3.24. The van der Waals surface area contributed by atoms with Crippen LogP contribution in [0.5, 0.6) is 0 Å².